The summed E-state index contributed by atoms with van der Waals surface area (Å²) in [5.74, 6) is 0.488. The van der Waals surface area contributed by atoms with E-state index in [1.165, 1.54) is 23.5 Å². The maximum atomic E-state index is 13.0. The Kier molecular flexibility index (Phi) is 4.67. The van der Waals surface area contributed by atoms with E-state index in [0.29, 0.717) is 17.9 Å². The number of hydrogen-bond donors (Lipinski definition) is 1. The van der Waals surface area contributed by atoms with Crippen LogP contribution < -0.4 is 10.1 Å². The number of fused-ring (bicyclic) bond motifs is 1. The van der Waals surface area contributed by atoms with Gasteiger partial charge in [0.1, 0.15) is 23.1 Å². The van der Waals surface area contributed by atoms with Crippen molar-refractivity contribution in [3.63, 3.8) is 0 Å². The molecule has 0 aliphatic carbocycles. The van der Waals surface area contributed by atoms with Gasteiger partial charge >= 0.3 is 0 Å². The van der Waals surface area contributed by atoms with Gasteiger partial charge < -0.3 is 10.1 Å². The molecule has 0 radical (unpaired) electrons. The van der Waals surface area contributed by atoms with E-state index in [-0.39, 0.29) is 17.8 Å². The number of carbonyl (C=O) groups is 1. The first-order valence-electron chi connectivity index (χ1n) is 8.38. The number of halogens is 1. The number of aromatic nitrogens is 1. The van der Waals surface area contributed by atoms with Crippen molar-refractivity contribution < 1.29 is 13.9 Å². The summed E-state index contributed by atoms with van der Waals surface area (Å²) in [6.45, 7) is 0.462. The van der Waals surface area contributed by atoms with Crippen molar-refractivity contribution in [2.75, 3.05) is 6.61 Å². The van der Waals surface area contributed by atoms with Crippen molar-refractivity contribution in [1.82, 2.24) is 10.3 Å². The minimum absolute atomic E-state index is 0.0555. The molecule has 1 aliphatic heterocycles. The predicted octanol–water partition coefficient (Wildman–Crippen LogP) is 3.61. The Bertz CT molecular complexity index is 924. The number of carbonyl (C=O) groups excluding carboxylic acids is 1. The largest absolute Gasteiger partial charge is 0.491 e. The van der Waals surface area contributed by atoms with Crippen molar-refractivity contribution in [2.45, 2.75) is 18.9 Å². The van der Waals surface area contributed by atoms with Crippen LogP contribution in [0.15, 0.2) is 54.7 Å². The van der Waals surface area contributed by atoms with E-state index >= 15 is 0 Å². The lowest BCUT2D eigenvalue weighted by molar-refractivity contribution is 0.0919. The fourth-order valence-electron chi connectivity index (χ4n) is 2.95. The average Bonchev–Trinajstić information content (AvgIpc) is 3.12. The van der Waals surface area contributed by atoms with Gasteiger partial charge in [-0.05, 0) is 35.7 Å². The van der Waals surface area contributed by atoms with Crippen LogP contribution in [0.2, 0.25) is 0 Å². The summed E-state index contributed by atoms with van der Waals surface area (Å²) < 4.78 is 18.7. The van der Waals surface area contributed by atoms with Gasteiger partial charge in [0.15, 0.2) is 0 Å². The van der Waals surface area contributed by atoms with Crippen molar-refractivity contribution in [3.05, 3.63) is 81.6 Å². The van der Waals surface area contributed by atoms with Crippen LogP contribution >= 0.6 is 11.3 Å². The summed E-state index contributed by atoms with van der Waals surface area (Å²) in [7, 11) is 0. The normalized spacial score (nSPS) is 15.8. The quantitative estimate of drug-likeness (QED) is 0.765. The van der Waals surface area contributed by atoms with Crippen molar-refractivity contribution in [2.24, 2.45) is 0 Å². The summed E-state index contributed by atoms with van der Waals surface area (Å²) in [5, 5.41) is 3.84. The Balaban J connectivity index is 1.38. The van der Waals surface area contributed by atoms with Gasteiger partial charge in [0, 0.05) is 6.42 Å². The molecule has 0 fully saturated rings. The number of nitrogens with one attached hydrogen (secondary N) is 1. The van der Waals surface area contributed by atoms with Crippen LogP contribution in [0.4, 0.5) is 4.39 Å². The molecule has 1 aromatic heterocycles. The summed E-state index contributed by atoms with van der Waals surface area (Å²) in [5.41, 5.74) is 2.07. The smallest absolute Gasteiger partial charge is 0.263 e. The SMILES string of the molecule is O=C(N[C@H]1COc2ccccc2C1)c1cnc(Cc2ccc(F)cc2)s1. The minimum Gasteiger partial charge on any atom is -0.491 e. The molecule has 0 unspecified atom stereocenters. The van der Waals surface area contributed by atoms with Crippen LogP contribution in [-0.2, 0) is 12.8 Å². The zero-order valence-electron chi connectivity index (χ0n) is 13.9. The topological polar surface area (TPSA) is 51.2 Å². The highest BCUT2D eigenvalue weighted by molar-refractivity contribution is 7.13. The van der Waals surface area contributed by atoms with Crippen molar-refractivity contribution >= 4 is 17.2 Å². The second kappa shape index (κ2) is 7.25. The van der Waals surface area contributed by atoms with E-state index in [2.05, 4.69) is 10.3 Å². The third kappa shape index (κ3) is 3.75. The van der Waals surface area contributed by atoms with E-state index in [0.717, 1.165) is 28.3 Å². The van der Waals surface area contributed by atoms with Crippen molar-refractivity contribution in [3.8, 4) is 5.75 Å². The molecule has 1 N–H and O–H groups in total. The van der Waals surface area contributed by atoms with Gasteiger partial charge in [0.2, 0.25) is 0 Å². The third-order valence-corrected chi connectivity index (χ3v) is 5.26. The van der Waals surface area contributed by atoms with E-state index < -0.39 is 0 Å². The third-order valence-electron chi connectivity index (χ3n) is 4.26. The number of amides is 1. The van der Waals surface area contributed by atoms with Crippen molar-refractivity contribution in [1.29, 1.82) is 0 Å². The lowest BCUT2D eigenvalue weighted by Crippen LogP contribution is -2.42. The van der Waals surface area contributed by atoms with Gasteiger partial charge in [0.05, 0.1) is 17.2 Å². The van der Waals surface area contributed by atoms with Crippen LogP contribution in [-0.4, -0.2) is 23.5 Å². The fourth-order valence-corrected chi connectivity index (χ4v) is 3.81. The van der Waals surface area contributed by atoms with Crippen LogP contribution in [0.1, 0.15) is 25.8 Å². The molecule has 2 aromatic carbocycles. The Morgan fingerprint density at radius 1 is 1.23 bits per heavy atom. The van der Waals surface area contributed by atoms with Gasteiger partial charge in [-0.2, -0.15) is 0 Å². The number of ether oxygens (including phenoxy) is 1. The highest BCUT2D eigenvalue weighted by atomic mass is 32.1. The van der Waals surface area contributed by atoms with Crippen LogP contribution in [0.5, 0.6) is 5.75 Å². The average molecular weight is 368 g/mol. The minimum atomic E-state index is -0.260. The predicted molar refractivity (Wildman–Crippen MR) is 98.2 cm³/mol. The second-order valence-corrected chi connectivity index (χ2v) is 7.33. The number of para-hydroxylation sites is 1. The Labute approximate surface area is 154 Å². The number of nitrogens with zero attached hydrogens (tertiary/aromatic N) is 1. The van der Waals surface area contributed by atoms with Gasteiger partial charge in [-0.1, -0.05) is 30.3 Å². The summed E-state index contributed by atoms with van der Waals surface area (Å²) >= 11 is 1.36. The zero-order valence-corrected chi connectivity index (χ0v) is 14.8. The Hall–Kier alpha value is -2.73. The first-order chi connectivity index (χ1) is 12.7. The molecule has 4 rings (SSSR count). The molecular weight excluding hydrogens is 351 g/mol. The first kappa shape index (κ1) is 16.7. The molecular formula is C20H17FN2O2S. The Morgan fingerprint density at radius 3 is 2.88 bits per heavy atom. The standard InChI is InChI=1S/C20H17FN2O2S/c21-15-7-5-13(6-8-15)9-19-22-11-18(26-19)20(24)23-16-10-14-3-1-2-4-17(14)25-12-16/h1-8,11,16H,9-10,12H2,(H,23,24)/t16-/m1/s1. The molecule has 1 amide bonds. The summed E-state index contributed by atoms with van der Waals surface area (Å²) in [4.78, 5) is 17.4. The zero-order chi connectivity index (χ0) is 17.9. The van der Waals surface area contributed by atoms with Gasteiger partial charge in [-0.3, -0.25) is 4.79 Å². The number of benzene rings is 2. The molecule has 0 saturated carbocycles. The maximum Gasteiger partial charge on any atom is 0.263 e. The number of rotatable bonds is 4. The maximum absolute atomic E-state index is 13.0. The van der Waals surface area contributed by atoms with E-state index in [1.54, 1.807) is 18.3 Å². The van der Waals surface area contributed by atoms with Crippen LogP contribution in [0.3, 0.4) is 0 Å². The molecule has 0 bridgehead atoms. The van der Waals surface area contributed by atoms with E-state index in [9.17, 15) is 9.18 Å². The first-order valence-corrected chi connectivity index (χ1v) is 9.20. The molecule has 132 valence electrons. The number of thiazole rings is 1. The highest BCUT2D eigenvalue weighted by Crippen LogP contribution is 2.24. The van der Waals surface area contributed by atoms with Gasteiger partial charge in [-0.15, -0.1) is 11.3 Å². The van der Waals surface area contributed by atoms with E-state index in [1.807, 2.05) is 24.3 Å². The van der Waals surface area contributed by atoms with Gasteiger partial charge in [0.25, 0.3) is 5.91 Å². The molecule has 26 heavy (non-hydrogen) atoms. The number of hydrogen-bond acceptors (Lipinski definition) is 4. The van der Waals surface area contributed by atoms with Crippen LogP contribution in [0.25, 0.3) is 0 Å². The molecule has 1 aliphatic rings. The Morgan fingerprint density at radius 2 is 2.04 bits per heavy atom. The summed E-state index contributed by atoms with van der Waals surface area (Å²) in [6.07, 6.45) is 2.93. The molecule has 4 nitrogen and oxygen atoms in total. The fraction of sp³-hybridized carbons (Fsp3) is 0.200. The highest BCUT2D eigenvalue weighted by Gasteiger charge is 2.22. The monoisotopic (exact) mass is 368 g/mol. The molecule has 6 heteroatoms. The molecule has 3 aromatic rings. The lowest BCUT2D eigenvalue weighted by Gasteiger charge is -2.25. The molecule has 0 saturated heterocycles. The lowest BCUT2D eigenvalue weighted by atomic mass is 10.0. The van der Waals surface area contributed by atoms with Crippen LogP contribution in [0, 0.1) is 5.82 Å². The van der Waals surface area contributed by atoms with E-state index in [4.69, 9.17) is 4.74 Å². The molecule has 2 heterocycles. The molecule has 0 spiro atoms. The second-order valence-electron chi connectivity index (χ2n) is 6.21. The summed E-state index contributed by atoms with van der Waals surface area (Å²) in [6, 6.07) is 14.1. The van der Waals surface area contributed by atoms with Gasteiger partial charge in [-0.25, -0.2) is 9.37 Å². The molecule has 1 atom stereocenters.